The highest BCUT2D eigenvalue weighted by molar-refractivity contribution is 6.02. The van der Waals surface area contributed by atoms with Crippen LogP contribution in [0.15, 0.2) is 97.3 Å². The molecule has 5 aromatic rings. The zero-order valence-electron chi connectivity index (χ0n) is 64.9. The number of hydrogen-bond donors (Lipinski definition) is 23. The molecule has 2 aromatic heterocycles. The van der Waals surface area contributed by atoms with Crippen molar-refractivity contribution >= 4 is 128 Å². The van der Waals surface area contributed by atoms with E-state index in [0.717, 1.165) is 22.7 Å². The first-order chi connectivity index (χ1) is 55.3. The van der Waals surface area contributed by atoms with E-state index in [0.29, 0.717) is 27.6 Å². The lowest BCUT2D eigenvalue weighted by molar-refractivity contribution is -0.143. The van der Waals surface area contributed by atoms with E-state index >= 15 is 0 Å². The molecule has 0 radical (unpaired) electrons. The molecule has 0 spiro atoms. The van der Waals surface area contributed by atoms with Crippen LogP contribution in [0.1, 0.15) is 116 Å². The molecule has 15 amide bonds. The Bertz CT molecular complexity index is 4510. The number of nitrogens with one attached hydrogen (secondary N) is 15. The normalized spacial score (nSPS) is 17.2. The first-order valence-corrected chi connectivity index (χ1v) is 37.6. The summed E-state index contributed by atoms with van der Waals surface area (Å²) in [5, 5.41) is 78.4. The van der Waals surface area contributed by atoms with Gasteiger partial charge in [-0.15, -0.1) is 0 Å². The van der Waals surface area contributed by atoms with Crippen molar-refractivity contribution in [2.75, 3.05) is 13.1 Å². The van der Waals surface area contributed by atoms with Crippen LogP contribution < -0.4 is 86.7 Å². The first-order valence-electron chi connectivity index (χ1n) is 37.6. The van der Waals surface area contributed by atoms with Gasteiger partial charge in [0.2, 0.25) is 88.6 Å². The number of aromatic amines is 2. The van der Waals surface area contributed by atoms with E-state index in [1.54, 1.807) is 55.7 Å². The van der Waals surface area contributed by atoms with E-state index in [4.69, 9.17) is 28.3 Å². The number of allylic oxidation sites excluding steroid dienone is 1. The lowest BCUT2D eigenvalue weighted by atomic mass is 9.96. The summed E-state index contributed by atoms with van der Waals surface area (Å²) in [6, 6.07) is -1.27. The number of phenolic OH excluding ortho intramolecular Hbond substituents is 1. The van der Waals surface area contributed by atoms with Crippen molar-refractivity contribution in [3.63, 3.8) is 0 Å². The Labute approximate surface area is 670 Å². The molecule has 117 heavy (non-hydrogen) atoms. The third kappa shape index (κ3) is 28.5. The van der Waals surface area contributed by atoms with Gasteiger partial charge in [-0.3, -0.25) is 86.9 Å². The number of carboxylic acids is 2. The Kier molecular flexibility index (Phi) is 34.9. The number of aliphatic carboxylic acids is 2. The summed E-state index contributed by atoms with van der Waals surface area (Å²) in [5.41, 5.74) is 24.7. The number of aliphatic hydroxyl groups excluding tert-OH is 1. The number of phenols is 1. The highest BCUT2D eigenvalue weighted by Crippen LogP contribution is 2.23. The predicted octanol–water partition coefficient (Wildman–Crippen LogP) is -4.43. The molecule has 6 rings (SSSR count). The number of hydrogen-bond acceptors (Lipinski definition) is 20. The summed E-state index contributed by atoms with van der Waals surface area (Å²) >= 11 is 0. The standard InChI is InChI=1S/C76H102N20O21/c1-6-37(2)62(74(116)93-55(33-58(78)100)71(113)91-54(32-57(77)99)70(112)90-51(29-41-21-23-44(98)24-22-41)73(115)95-63(40(5)97)64(79)106)94-67(109)50(25-26-60(102)103)88-66(108)49(19-14-27-82-76(80)81)87-72(114)56(34-61(104)105)92-69(111)53(31-43-36-84-48-18-12-10-16-46(43)48)89-65(107)39(4)96-28-13-7-8-20-59(101)86-52(68(110)85-38(3)75(96)117)30-42-35-83-47-17-11-9-15-45(42)47/h7,9-13,15-18,21-24,35-40,49-56,62-63,83-84,97-98H,6,8,14,19-20,25-34H2,1-5H3,(H2,77,99)(H2,78,100)(H2,79,106)(H,85,110)(H,86,101)(H,87,114)(H,88,108)(H,89,107)(H,90,112)(H,91,113)(H,92,111)(H,93,116)(H,94,109)(H,95,115)(H,102,103)(H,104,105)(H4,80,81,82)/b13-7+/t37-,38-,39-,40+,49-,50-,51-,52-,53-,54-,55-,56-,62-,63-/m0/s1. The molecule has 0 saturated heterocycles. The Morgan fingerprint density at radius 3 is 1.58 bits per heavy atom. The Morgan fingerprint density at radius 2 is 1.03 bits per heavy atom. The topological polar surface area (TPSA) is 678 Å². The molecule has 3 aromatic carbocycles. The minimum absolute atomic E-state index is 0.0352. The van der Waals surface area contributed by atoms with Crippen molar-refractivity contribution in [2.24, 2.45) is 28.9 Å². The predicted molar refractivity (Wildman–Crippen MR) is 419 cm³/mol. The van der Waals surface area contributed by atoms with Crippen LogP contribution in [0, 0.1) is 11.3 Å². The van der Waals surface area contributed by atoms with Crippen molar-refractivity contribution in [1.82, 2.24) is 78.7 Å². The summed E-state index contributed by atoms with van der Waals surface area (Å²) < 4.78 is 0. The third-order valence-electron chi connectivity index (χ3n) is 19.2. The molecular weight excluding hydrogens is 1530 g/mol. The molecule has 0 bridgehead atoms. The summed E-state index contributed by atoms with van der Waals surface area (Å²) in [6.45, 7) is 6.47. The number of fused-ring (bicyclic) bond motifs is 2. The van der Waals surface area contributed by atoms with Gasteiger partial charge < -0.3 is 122 Å². The second-order valence-electron chi connectivity index (χ2n) is 28.3. The van der Waals surface area contributed by atoms with Gasteiger partial charge >= 0.3 is 11.9 Å². The van der Waals surface area contributed by atoms with Crippen molar-refractivity contribution in [3.8, 4) is 5.75 Å². The second kappa shape index (κ2) is 44.2. The van der Waals surface area contributed by atoms with Crippen LogP contribution in [0.25, 0.3) is 21.8 Å². The van der Waals surface area contributed by atoms with Crippen molar-refractivity contribution in [3.05, 3.63) is 114 Å². The van der Waals surface area contributed by atoms with Gasteiger partial charge in [0.25, 0.3) is 0 Å². The second-order valence-corrected chi connectivity index (χ2v) is 28.3. The number of H-pyrrole nitrogens is 2. The van der Waals surface area contributed by atoms with Gasteiger partial charge in [0.15, 0.2) is 5.96 Å². The number of nitrogens with zero attached hydrogens (tertiary/aromatic N) is 1. The highest BCUT2D eigenvalue weighted by atomic mass is 16.4. The Balaban J connectivity index is 1.24. The van der Waals surface area contributed by atoms with Crippen LogP contribution in [0.2, 0.25) is 0 Å². The van der Waals surface area contributed by atoms with Crippen molar-refractivity contribution < 1.29 is 102 Å². The number of para-hydroxylation sites is 2. The number of carboxylic acid groups (broad SMARTS) is 2. The number of carbonyl (C=O) groups is 17. The number of benzene rings is 3. The molecule has 41 nitrogen and oxygen atoms in total. The number of rotatable bonds is 42. The zero-order chi connectivity index (χ0) is 86.5. The molecule has 1 aliphatic heterocycles. The van der Waals surface area contributed by atoms with E-state index in [1.807, 2.05) is 24.3 Å². The van der Waals surface area contributed by atoms with Crippen LogP contribution in [0.5, 0.6) is 5.75 Å². The quantitative estimate of drug-likeness (QED) is 0.00759. The molecule has 632 valence electrons. The van der Waals surface area contributed by atoms with Crippen LogP contribution in [-0.2, 0) is 101 Å². The summed E-state index contributed by atoms with van der Waals surface area (Å²) in [7, 11) is 0. The number of primary amides is 3. The number of aliphatic hydroxyl groups is 1. The maximum atomic E-state index is 14.9. The van der Waals surface area contributed by atoms with Gasteiger partial charge in [0, 0.05) is 79.4 Å². The maximum Gasteiger partial charge on any atom is 0.305 e. The lowest BCUT2D eigenvalue weighted by Crippen LogP contribution is -2.62. The van der Waals surface area contributed by atoms with Gasteiger partial charge in [-0.2, -0.15) is 0 Å². The molecule has 0 saturated carbocycles. The average Bonchev–Trinajstić information content (AvgIpc) is 1.76. The monoisotopic (exact) mass is 1630 g/mol. The number of aromatic nitrogens is 2. The number of amides is 15. The van der Waals surface area contributed by atoms with Gasteiger partial charge in [-0.05, 0) is 93.3 Å². The fourth-order valence-corrected chi connectivity index (χ4v) is 12.6. The third-order valence-corrected chi connectivity index (χ3v) is 19.2. The van der Waals surface area contributed by atoms with Gasteiger partial charge in [0.1, 0.15) is 78.3 Å². The summed E-state index contributed by atoms with van der Waals surface area (Å²) in [6.07, 6.45) is -1.05. The first kappa shape index (κ1) is 92.4. The number of aromatic hydroxyl groups is 1. The van der Waals surface area contributed by atoms with E-state index in [1.165, 1.54) is 45.0 Å². The molecule has 1 aliphatic rings. The molecular formula is C76H102N20O21. The van der Waals surface area contributed by atoms with E-state index < -0.39 is 230 Å². The Morgan fingerprint density at radius 1 is 0.556 bits per heavy atom. The van der Waals surface area contributed by atoms with Crippen LogP contribution >= 0.6 is 0 Å². The van der Waals surface area contributed by atoms with Gasteiger partial charge in [-0.1, -0.05) is 81.0 Å². The lowest BCUT2D eigenvalue weighted by Gasteiger charge is -2.32. The van der Waals surface area contributed by atoms with Crippen molar-refractivity contribution in [1.29, 1.82) is 5.41 Å². The fourth-order valence-electron chi connectivity index (χ4n) is 12.6. The maximum absolute atomic E-state index is 14.9. The molecule has 14 atom stereocenters. The van der Waals surface area contributed by atoms with E-state index in [-0.39, 0.29) is 63.8 Å². The Hall–Kier alpha value is -13.5. The number of carbonyl (C=O) groups excluding carboxylic acids is 15. The zero-order valence-corrected chi connectivity index (χ0v) is 64.9. The summed E-state index contributed by atoms with van der Waals surface area (Å²) in [5.74, 6) is -21.3. The molecule has 41 heteroatoms. The molecule has 0 aliphatic carbocycles. The van der Waals surface area contributed by atoms with Crippen LogP contribution in [-0.4, -0.2) is 233 Å². The molecule has 0 unspecified atom stereocenters. The van der Waals surface area contributed by atoms with Crippen LogP contribution in [0.4, 0.5) is 0 Å². The summed E-state index contributed by atoms with van der Waals surface area (Å²) in [4.78, 5) is 242. The highest BCUT2D eigenvalue weighted by Gasteiger charge is 2.40. The molecule has 27 N–H and O–H groups in total. The number of guanidine groups is 1. The smallest absolute Gasteiger partial charge is 0.305 e. The van der Waals surface area contributed by atoms with Gasteiger partial charge in [0.05, 0.1) is 25.4 Å². The minimum atomic E-state index is -2.10. The van der Waals surface area contributed by atoms with E-state index in [2.05, 4.69) is 73.8 Å². The van der Waals surface area contributed by atoms with Crippen molar-refractivity contribution in [2.45, 2.75) is 197 Å². The SMILES string of the molecule is CC[C@H](C)[C@H](NC(=O)[C@H](CCC(=O)O)NC(=O)[C@H](CCCNC(=N)N)NC(=O)[C@H](CC(=O)O)NC(=O)[C@H](Cc1c[nH]c2ccccc12)NC(=O)[C@H](C)N1C/C=C/CCC(=O)N[C@@H](Cc2c[nH]c3ccccc23)C(=O)N[C@@H](C)C1=O)C(=O)N[C@@H](CC(N)=O)C(=O)N[C@@H](CC(N)=O)C(=O)N[C@@H](Cc1ccc(O)cc1)C(=O)N[C@H](C(N)=O)[C@@H](C)O. The number of nitrogens with two attached hydrogens (primary N) is 4. The van der Waals surface area contributed by atoms with Crippen LogP contribution in [0.3, 0.4) is 0 Å². The van der Waals surface area contributed by atoms with E-state index in [9.17, 15) is 102 Å². The minimum Gasteiger partial charge on any atom is -0.508 e. The average molecular weight is 1630 g/mol. The molecule has 0 fully saturated rings. The fraction of sp³-hybridized carbons (Fsp3) is 0.447. The largest absolute Gasteiger partial charge is 0.508 e. The van der Waals surface area contributed by atoms with Gasteiger partial charge in [-0.25, -0.2) is 0 Å². The molecule has 3 heterocycles.